The third-order valence-electron chi connectivity index (χ3n) is 3.96. The zero-order chi connectivity index (χ0) is 18.3. The summed E-state index contributed by atoms with van der Waals surface area (Å²) in [4.78, 5) is 22.4. The van der Waals surface area contributed by atoms with Crippen molar-refractivity contribution in [1.29, 1.82) is 0 Å². The highest BCUT2D eigenvalue weighted by molar-refractivity contribution is 5.75. The van der Waals surface area contributed by atoms with E-state index >= 15 is 0 Å². The molecule has 2 N–H and O–H groups in total. The van der Waals surface area contributed by atoms with Gasteiger partial charge in [-0.25, -0.2) is 0 Å². The zero-order valence-electron chi connectivity index (χ0n) is 15.7. The van der Waals surface area contributed by atoms with Crippen molar-refractivity contribution in [2.45, 2.75) is 78.2 Å². The fourth-order valence-electron chi connectivity index (χ4n) is 2.53. The van der Waals surface area contributed by atoms with Crippen molar-refractivity contribution in [3.63, 3.8) is 0 Å². The van der Waals surface area contributed by atoms with Crippen molar-refractivity contribution in [1.82, 2.24) is 25.6 Å². The Bertz CT molecular complexity index is 501. The molecule has 0 unspecified atom stereocenters. The van der Waals surface area contributed by atoms with Crippen LogP contribution in [-0.4, -0.2) is 39.9 Å². The maximum atomic E-state index is 11.7. The van der Waals surface area contributed by atoms with Gasteiger partial charge in [-0.15, -0.1) is 5.10 Å². The molecule has 0 aliphatic carbocycles. The number of carbonyl (C=O) groups excluding carboxylic acids is 2. The highest BCUT2D eigenvalue weighted by atomic mass is 16.2. The number of rotatable bonds is 14. The van der Waals surface area contributed by atoms with Gasteiger partial charge >= 0.3 is 0 Å². The Kier molecular flexibility index (Phi) is 11.3. The van der Waals surface area contributed by atoms with Gasteiger partial charge in [0, 0.05) is 39.2 Å². The predicted molar refractivity (Wildman–Crippen MR) is 98.0 cm³/mol. The fraction of sp³-hybridized carbons (Fsp3) is 0.778. The van der Waals surface area contributed by atoms with Crippen molar-refractivity contribution in [2.24, 2.45) is 0 Å². The molecule has 0 aromatic carbocycles. The van der Waals surface area contributed by atoms with Crippen molar-refractivity contribution in [2.75, 3.05) is 13.1 Å². The van der Waals surface area contributed by atoms with Crippen LogP contribution in [0, 0.1) is 0 Å². The first kappa shape index (κ1) is 21.1. The Labute approximate surface area is 150 Å². The largest absolute Gasteiger partial charge is 0.356 e. The molecule has 7 heteroatoms. The lowest BCUT2D eigenvalue weighted by Gasteiger charge is -2.05. The van der Waals surface area contributed by atoms with Gasteiger partial charge in [0.25, 0.3) is 0 Å². The number of aryl methyl sites for hydroxylation is 2. The summed E-state index contributed by atoms with van der Waals surface area (Å²) >= 11 is 0. The summed E-state index contributed by atoms with van der Waals surface area (Å²) in [6, 6.07) is 0. The molecule has 0 atom stereocenters. The summed E-state index contributed by atoms with van der Waals surface area (Å²) < 4.78 is 1.83. The number of carbonyl (C=O) groups is 2. The number of hydrogen-bond acceptors (Lipinski definition) is 4. The monoisotopic (exact) mass is 351 g/mol. The molecule has 1 aromatic rings. The molecule has 142 valence electrons. The lowest BCUT2D eigenvalue weighted by Crippen LogP contribution is -2.24. The lowest BCUT2D eigenvalue weighted by molar-refractivity contribution is -0.121. The Morgan fingerprint density at radius 1 is 1.04 bits per heavy atom. The lowest BCUT2D eigenvalue weighted by atomic mass is 10.1. The van der Waals surface area contributed by atoms with E-state index in [4.69, 9.17) is 0 Å². The van der Waals surface area contributed by atoms with Gasteiger partial charge in [0.05, 0.1) is 5.69 Å². The van der Waals surface area contributed by atoms with Crippen LogP contribution >= 0.6 is 0 Å². The van der Waals surface area contributed by atoms with Crippen molar-refractivity contribution in [3.05, 3.63) is 11.9 Å². The van der Waals surface area contributed by atoms with Crippen LogP contribution in [0.1, 0.15) is 70.9 Å². The van der Waals surface area contributed by atoms with Crippen LogP contribution < -0.4 is 10.6 Å². The zero-order valence-corrected chi connectivity index (χ0v) is 15.7. The molecule has 1 rings (SSSR count). The smallest absolute Gasteiger partial charge is 0.219 e. The summed E-state index contributed by atoms with van der Waals surface area (Å²) in [5, 5.41) is 14.0. The van der Waals surface area contributed by atoms with E-state index in [2.05, 4.69) is 27.9 Å². The van der Waals surface area contributed by atoms with Gasteiger partial charge < -0.3 is 10.6 Å². The molecule has 2 amide bonds. The summed E-state index contributed by atoms with van der Waals surface area (Å²) in [5.74, 6) is 0.161. The first-order valence-electron chi connectivity index (χ1n) is 9.52. The second kappa shape index (κ2) is 13.4. The molecule has 0 aliphatic rings. The molecule has 0 bridgehead atoms. The highest BCUT2D eigenvalue weighted by Crippen LogP contribution is 2.03. The number of aromatic nitrogens is 3. The van der Waals surface area contributed by atoms with Crippen LogP contribution in [0.25, 0.3) is 0 Å². The van der Waals surface area contributed by atoms with E-state index < -0.39 is 0 Å². The van der Waals surface area contributed by atoms with E-state index in [-0.39, 0.29) is 11.8 Å². The number of amides is 2. The fourth-order valence-corrected chi connectivity index (χ4v) is 2.53. The molecular weight excluding hydrogens is 318 g/mol. The minimum absolute atomic E-state index is 0.0130. The Balaban J connectivity index is 2.05. The quantitative estimate of drug-likeness (QED) is 0.503. The van der Waals surface area contributed by atoms with E-state index in [1.54, 1.807) is 0 Å². The maximum absolute atomic E-state index is 11.7. The minimum Gasteiger partial charge on any atom is -0.356 e. The van der Waals surface area contributed by atoms with Crippen LogP contribution in [0.2, 0.25) is 0 Å². The number of hydrogen-bond donors (Lipinski definition) is 2. The molecular formula is C18H33N5O2. The second-order valence-corrected chi connectivity index (χ2v) is 6.43. The molecule has 0 saturated carbocycles. The third-order valence-corrected chi connectivity index (χ3v) is 3.96. The van der Waals surface area contributed by atoms with Crippen LogP contribution in [-0.2, 0) is 22.6 Å². The average Bonchev–Trinajstić information content (AvgIpc) is 3.03. The van der Waals surface area contributed by atoms with Gasteiger partial charge in [0.2, 0.25) is 11.8 Å². The maximum Gasteiger partial charge on any atom is 0.219 e. The van der Waals surface area contributed by atoms with Crippen LogP contribution in [0.15, 0.2) is 6.20 Å². The minimum atomic E-state index is 0.0130. The Hall–Kier alpha value is -1.92. The Morgan fingerprint density at radius 2 is 1.84 bits per heavy atom. The van der Waals surface area contributed by atoms with Gasteiger partial charge in [-0.3, -0.25) is 14.3 Å². The van der Waals surface area contributed by atoms with Gasteiger partial charge in [-0.1, -0.05) is 31.4 Å². The summed E-state index contributed by atoms with van der Waals surface area (Å²) in [5.41, 5.74) is 0.975. The number of nitrogens with zero attached hydrogens (tertiary/aromatic N) is 3. The molecule has 0 saturated heterocycles. The topological polar surface area (TPSA) is 88.9 Å². The van der Waals surface area contributed by atoms with Crippen molar-refractivity contribution < 1.29 is 9.59 Å². The van der Waals surface area contributed by atoms with E-state index in [0.717, 1.165) is 50.8 Å². The first-order chi connectivity index (χ1) is 12.1. The molecule has 1 heterocycles. The van der Waals surface area contributed by atoms with E-state index in [0.29, 0.717) is 19.5 Å². The molecule has 1 aromatic heterocycles. The predicted octanol–water partition coefficient (Wildman–Crippen LogP) is 2.21. The third kappa shape index (κ3) is 11.3. The standard InChI is InChI=1S/C18H33N5O2/c1-3-4-5-6-11-18(25)20-13-9-14-23-15-17(21-22-23)10-7-8-12-19-16(2)24/h15H,3-14H2,1-2H3,(H,19,24)(H,20,25). The van der Waals surface area contributed by atoms with Crippen LogP contribution in [0.3, 0.4) is 0 Å². The van der Waals surface area contributed by atoms with Gasteiger partial charge in [0.15, 0.2) is 0 Å². The van der Waals surface area contributed by atoms with E-state index in [1.807, 2.05) is 10.9 Å². The molecule has 25 heavy (non-hydrogen) atoms. The van der Waals surface area contributed by atoms with Crippen molar-refractivity contribution in [3.8, 4) is 0 Å². The molecule has 0 radical (unpaired) electrons. The number of unbranched alkanes of at least 4 members (excludes halogenated alkanes) is 4. The SMILES string of the molecule is CCCCCCC(=O)NCCCn1cc(CCCCNC(C)=O)nn1. The second-order valence-electron chi connectivity index (χ2n) is 6.43. The summed E-state index contributed by atoms with van der Waals surface area (Å²) in [6.45, 7) is 5.84. The number of nitrogens with one attached hydrogen (secondary N) is 2. The first-order valence-corrected chi connectivity index (χ1v) is 9.52. The normalized spacial score (nSPS) is 10.6. The highest BCUT2D eigenvalue weighted by Gasteiger charge is 2.03. The van der Waals surface area contributed by atoms with Gasteiger partial charge in [0.1, 0.15) is 0 Å². The van der Waals surface area contributed by atoms with E-state index in [9.17, 15) is 9.59 Å². The Morgan fingerprint density at radius 3 is 2.60 bits per heavy atom. The molecule has 0 aliphatic heterocycles. The molecule has 0 fully saturated rings. The summed E-state index contributed by atoms with van der Waals surface area (Å²) in [6.07, 6.45) is 10.7. The van der Waals surface area contributed by atoms with Crippen molar-refractivity contribution >= 4 is 11.8 Å². The van der Waals surface area contributed by atoms with Crippen LogP contribution in [0.4, 0.5) is 0 Å². The average molecular weight is 351 g/mol. The summed E-state index contributed by atoms with van der Waals surface area (Å²) in [7, 11) is 0. The van der Waals surface area contributed by atoms with Gasteiger partial charge in [-0.05, 0) is 32.1 Å². The van der Waals surface area contributed by atoms with E-state index in [1.165, 1.54) is 19.8 Å². The van der Waals surface area contributed by atoms with Gasteiger partial charge in [-0.2, -0.15) is 0 Å². The molecule has 7 nitrogen and oxygen atoms in total. The molecule has 0 spiro atoms. The van der Waals surface area contributed by atoms with Crippen LogP contribution in [0.5, 0.6) is 0 Å².